The second kappa shape index (κ2) is 6.91. The van der Waals surface area contributed by atoms with Gasteiger partial charge in [-0.2, -0.15) is 0 Å². The summed E-state index contributed by atoms with van der Waals surface area (Å²) in [6, 6.07) is 4.34. The number of nitrogens with zero attached hydrogens (tertiary/aromatic N) is 3. The first-order chi connectivity index (χ1) is 11.1. The van der Waals surface area contributed by atoms with Crippen LogP contribution in [0, 0.1) is 5.82 Å². The highest BCUT2D eigenvalue weighted by Crippen LogP contribution is 2.20. The van der Waals surface area contributed by atoms with Gasteiger partial charge in [-0.05, 0) is 25.0 Å². The van der Waals surface area contributed by atoms with Crippen LogP contribution in [0.3, 0.4) is 0 Å². The Hall–Kier alpha value is -2.21. The van der Waals surface area contributed by atoms with Crippen LogP contribution in [0.5, 0.6) is 0 Å². The van der Waals surface area contributed by atoms with Crippen molar-refractivity contribution in [1.29, 1.82) is 0 Å². The number of rotatable bonds is 4. The molecule has 1 aliphatic rings. The van der Waals surface area contributed by atoms with E-state index in [2.05, 4.69) is 20.2 Å². The predicted octanol–water partition coefficient (Wildman–Crippen LogP) is 3.05. The number of hydrogen-bond acceptors (Lipinski definition) is 4. The summed E-state index contributed by atoms with van der Waals surface area (Å²) in [7, 11) is 0. The molecule has 0 spiro atoms. The molecule has 0 aliphatic carbocycles. The molecule has 120 valence electrons. The van der Waals surface area contributed by atoms with E-state index in [4.69, 9.17) is 11.6 Å². The van der Waals surface area contributed by atoms with Crippen LogP contribution in [-0.4, -0.2) is 29.0 Å². The molecule has 0 bridgehead atoms. The quantitative estimate of drug-likeness (QED) is 0.933. The van der Waals surface area contributed by atoms with Crippen LogP contribution < -0.4 is 10.2 Å². The smallest absolute Gasteiger partial charge is 0.229 e. The minimum atomic E-state index is -0.492. The van der Waals surface area contributed by atoms with Crippen LogP contribution in [0.2, 0.25) is 5.02 Å². The molecule has 0 unspecified atom stereocenters. The third kappa shape index (κ3) is 3.76. The lowest BCUT2D eigenvalue weighted by molar-refractivity contribution is -0.115. The molecule has 1 fully saturated rings. The zero-order valence-corrected chi connectivity index (χ0v) is 13.2. The summed E-state index contributed by atoms with van der Waals surface area (Å²) >= 11 is 5.92. The van der Waals surface area contributed by atoms with E-state index in [-0.39, 0.29) is 22.9 Å². The highest BCUT2D eigenvalue weighted by Gasteiger charge is 2.15. The molecule has 23 heavy (non-hydrogen) atoms. The molecule has 1 N–H and O–H groups in total. The van der Waals surface area contributed by atoms with E-state index >= 15 is 0 Å². The van der Waals surface area contributed by atoms with E-state index in [1.54, 1.807) is 18.5 Å². The fourth-order valence-electron chi connectivity index (χ4n) is 2.53. The summed E-state index contributed by atoms with van der Waals surface area (Å²) in [5.74, 6) is -0.194. The van der Waals surface area contributed by atoms with Gasteiger partial charge in [-0.15, -0.1) is 0 Å². The topological polar surface area (TPSA) is 58.1 Å². The Morgan fingerprint density at radius 3 is 2.61 bits per heavy atom. The van der Waals surface area contributed by atoms with E-state index in [1.165, 1.54) is 12.1 Å². The second-order valence-electron chi connectivity index (χ2n) is 5.39. The van der Waals surface area contributed by atoms with E-state index in [0.29, 0.717) is 11.6 Å². The van der Waals surface area contributed by atoms with Gasteiger partial charge in [0, 0.05) is 23.7 Å². The van der Waals surface area contributed by atoms with E-state index in [9.17, 15) is 9.18 Å². The van der Waals surface area contributed by atoms with Crippen LogP contribution in [0.15, 0.2) is 30.6 Å². The molecule has 2 aromatic rings. The molecule has 0 radical (unpaired) electrons. The Kier molecular flexibility index (Phi) is 4.71. The molecule has 7 heteroatoms. The SMILES string of the molecule is O=C(Cc1c(F)cccc1Cl)Nc1cnc(N2CCCC2)nc1. The van der Waals surface area contributed by atoms with Crippen molar-refractivity contribution in [2.75, 3.05) is 23.3 Å². The molecule has 1 amide bonds. The first-order valence-electron chi connectivity index (χ1n) is 7.43. The Balaban J connectivity index is 1.63. The van der Waals surface area contributed by atoms with Gasteiger partial charge in [0.2, 0.25) is 11.9 Å². The Bertz CT molecular complexity index is 681. The fraction of sp³-hybridized carbons (Fsp3) is 0.312. The molecule has 3 rings (SSSR count). The maximum absolute atomic E-state index is 13.7. The number of carbonyl (C=O) groups excluding carboxylic acids is 1. The van der Waals surface area contributed by atoms with Gasteiger partial charge in [-0.1, -0.05) is 17.7 Å². The number of halogens is 2. The maximum Gasteiger partial charge on any atom is 0.229 e. The zero-order chi connectivity index (χ0) is 16.2. The lowest BCUT2D eigenvalue weighted by Crippen LogP contribution is -2.21. The zero-order valence-electron chi connectivity index (χ0n) is 12.4. The van der Waals surface area contributed by atoms with Crippen molar-refractivity contribution in [1.82, 2.24) is 9.97 Å². The number of benzene rings is 1. The lowest BCUT2D eigenvalue weighted by atomic mass is 10.1. The van der Waals surface area contributed by atoms with Gasteiger partial charge in [0.25, 0.3) is 0 Å². The standard InChI is InChI=1S/C16H16ClFN4O/c17-13-4-3-5-14(18)12(13)8-15(23)21-11-9-19-16(20-10-11)22-6-1-2-7-22/h3-5,9-10H,1-2,6-8H2,(H,21,23). The highest BCUT2D eigenvalue weighted by atomic mass is 35.5. The van der Waals surface area contributed by atoms with E-state index in [1.807, 2.05) is 0 Å². The summed E-state index contributed by atoms with van der Waals surface area (Å²) in [6.07, 6.45) is 5.26. The summed E-state index contributed by atoms with van der Waals surface area (Å²) < 4.78 is 13.7. The number of carbonyl (C=O) groups is 1. The normalized spacial score (nSPS) is 14.1. The van der Waals surface area contributed by atoms with Crippen LogP contribution >= 0.6 is 11.6 Å². The minimum absolute atomic E-state index is 0.140. The number of anilines is 2. The van der Waals surface area contributed by atoms with Crippen molar-refractivity contribution in [3.63, 3.8) is 0 Å². The third-order valence-corrected chi connectivity index (χ3v) is 4.06. The van der Waals surface area contributed by atoms with E-state index < -0.39 is 5.82 Å². The first kappa shape index (κ1) is 15.7. The van der Waals surface area contributed by atoms with Crippen LogP contribution in [-0.2, 0) is 11.2 Å². The molecule has 0 atom stereocenters. The summed E-state index contributed by atoms with van der Waals surface area (Å²) in [5.41, 5.74) is 0.659. The van der Waals surface area contributed by atoms with Crippen LogP contribution in [0.1, 0.15) is 18.4 Å². The molecular formula is C16H16ClFN4O. The van der Waals surface area contributed by atoms with E-state index in [0.717, 1.165) is 25.9 Å². The molecule has 5 nitrogen and oxygen atoms in total. The predicted molar refractivity (Wildman–Crippen MR) is 87.2 cm³/mol. The van der Waals surface area contributed by atoms with Crippen molar-refractivity contribution in [2.24, 2.45) is 0 Å². The van der Waals surface area contributed by atoms with Crippen molar-refractivity contribution in [2.45, 2.75) is 19.3 Å². The summed E-state index contributed by atoms with van der Waals surface area (Å²) in [4.78, 5) is 22.6. The molecule has 0 saturated carbocycles. The molecular weight excluding hydrogens is 319 g/mol. The molecule has 1 aliphatic heterocycles. The van der Waals surface area contributed by atoms with Gasteiger partial charge in [-0.25, -0.2) is 14.4 Å². The number of aromatic nitrogens is 2. The average Bonchev–Trinajstić information content (AvgIpc) is 3.06. The van der Waals surface area contributed by atoms with Crippen molar-refractivity contribution >= 4 is 29.1 Å². The molecule has 2 heterocycles. The minimum Gasteiger partial charge on any atom is -0.341 e. The van der Waals surface area contributed by atoms with Crippen LogP contribution in [0.25, 0.3) is 0 Å². The Labute approximate surface area is 138 Å². The highest BCUT2D eigenvalue weighted by molar-refractivity contribution is 6.31. The number of amides is 1. The number of nitrogens with one attached hydrogen (secondary N) is 1. The fourth-order valence-corrected chi connectivity index (χ4v) is 2.76. The summed E-state index contributed by atoms with van der Waals surface area (Å²) in [5, 5.41) is 2.89. The van der Waals surface area contributed by atoms with Gasteiger partial charge in [0.1, 0.15) is 5.82 Å². The first-order valence-corrected chi connectivity index (χ1v) is 7.81. The summed E-state index contributed by atoms with van der Waals surface area (Å²) in [6.45, 7) is 1.91. The number of hydrogen-bond donors (Lipinski definition) is 1. The van der Waals surface area contributed by atoms with Crippen molar-refractivity contribution in [3.8, 4) is 0 Å². The maximum atomic E-state index is 13.7. The lowest BCUT2D eigenvalue weighted by Gasteiger charge is -2.14. The second-order valence-corrected chi connectivity index (χ2v) is 5.80. The van der Waals surface area contributed by atoms with Gasteiger partial charge in [-0.3, -0.25) is 4.79 Å². The van der Waals surface area contributed by atoms with Crippen molar-refractivity contribution in [3.05, 3.63) is 47.0 Å². The Morgan fingerprint density at radius 2 is 1.96 bits per heavy atom. The Morgan fingerprint density at radius 1 is 1.26 bits per heavy atom. The molecule has 1 aromatic heterocycles. The van der Waals surface area contributed by atoms with Gasteiger partial charge in [0.15, 0.2) is 0 Å². The largest absolute Gasteiger partial charge is 0.341 e. The third-order valence-electron chi connectivity index (χ3n) is 3.71. The molecule has 1 aromatic carbocycles. The monoisotopic (exact) mass is 334 g/mol. The average molecular weight is 335 g/mol. The molecule has 1 saturated heterocycles. The van der Waals surface area contributed by atoms with Gasteiger partial charge < -0.3 is 10.2 Å². The van der Waals surface area contributed by atoms with Gasteiger partial charge >= 0.3 is 0 Å². The van der Waals surface area contributed by atoms with Crippen LogP contribution in [0.4, 0.5) is 16.0 Å². The van der Waals surface area contributed by atoms with Gasteiger partial charge in [0.05, 0.1) is 24.5 Å². The van der Waals surface area contributed by atoms with Crippen molar-refractivity contribution < 1.29 is 9.18 Å².